The van der Waals surface area contributed by atoms with Gasteiger partial charge < -0.3 is 43.2 Å². The van der Waals surface area contributed by atoms with Crippen LogP contribution in [0.2, 0.25) is 0 Å². The number of hydrogen-bond acceptors (Lipinski definition) is 14. The maximum absolute atomic E-state index is 13.3. The highest BCUT2D eigenvalue weighted by Gasteiger charge is 2.52. The number of amides is 1. The molecule has 15 nitrogen and oxygen atoms in total. The van der Waals surface area contributed by atoms with Gasteiger partial charge in [0, 0.05) is 27.7 Å². The van der Waals surface area contributed by atoms with E-state index in [-0.39, 0.29) is 13.2 Å². The van der Waals surface area contributed by atoms with Crippen molar-refractivity contribution >= 4 is 35.9 Å². The Hall–Kier alpha value is -5.02. The molecule has 0 saturated carbocycles. The second kappa shape index (κ2) is 19.1. The Bertz CT molecular complexity index is 1420. The molecule has 1 N–H and O–H groups in total. The Kier molecular flexibility index (Phi) is 15.0. The summed E-state index contributed by atoms with van der Waals surface area (Å²) in [4.78, 5) is 74.1. The summed E-state index contributed by atoms with van der Waals surface area (Å²) < 4.78 is 44.2. The fourth-order valence-electron chi connectivity index (χ4n) is 4.87. The monoisotopic (exact) mass is 687 g/mol. The van der Waals surface area contributed by atoms with Gasteiger partial charge in [-0.25, -0.2) is 9.59 Å². The van der Waals surface area contributed by atoms with E-state index in [1.165, 1.54) is 6.92 Å². The van der Waals surface area contributed by atoms with Crippen molar-refractivity contribution in [2.45, 2.75) is 90.5 Å². The lowest BCUT2D eigenvalue weighted by molar-refractivity contribution is -0.260. The molecular formula is C34H41NO14. The Morgan fingerprint density at radius 3 is 1.59 bits per heavy atom. The molecule has 266 valence electrons. The molecule has 49 heavy (non-hydrogen) atoms. The highest BCUT2D eigenvalue weighted by atomic mass is 16.7. The molecule has 1 heterocycles. The predicted molar refractivity (Wildman–Crippen MR) is 167 cm³/mol. The molecule has 0 aromatic heterocycles. The lowest BCUT2D eigenvalue weighted by atomic mass is 9.94. The molecule has 2 aromatic carbocycles. The Labute approximate surface area is 283 Å². The van der Waals surface area contributed by atoms with Gasteiger partial charge in [0.1, 0.15) is 32.0 Å². The van der Waals surface area contributed by atoms with Crippen LogP contribution in [0.5, 0.6) is 0 Å². The average molecular weight is 688 g/mol. The smallest absolute Gasteiger partial charge is 0.408 e. The molecule has 2 aromatic rings. The third kappa shape index (κ3) is 12.8. The minimum Gasteiger partial charge on any atom is -0.463 e. The molecule has 0 radical (unpaired) electrons. The number of ether oxygens (including phenoxy) is 8. The quantitative estimate of drug-likeness (QED) is 0.212. The van der Waals surface area contributed by atoms with Crippen molar-refractivity contribution in [1.82, 2.24) is 5.32 Å². The third-order valence-corrected chi connectivity index (χ3v) is 7.04. The third-order valence-electron chi connectivity index (χ3n) is 7.04. The first kappa shape index (κ1) is 38.4. The average Bonchev–Trinajstić information content (AvgIpc) is 3.05. The second-order valence-electron chi connectivity index (χ2n) is 11.1. The van der Waals surface area contributed by atoms with E-state index >= 15 is 0 Å². The Balaban J connectivity index is 1.83. The largest absolute Gasteiger partial charge is 0.463 e. The summed E-state index contributed by atoms with van der Waals surface area (Å²) in [7, 11) is 0. The molecule has 1 saturated heterocycles. The van der Waals surface area contributed by atoms with Gasteiger partial charge in [-0.15, -0.1) is 0 Å². The van der Waals surface area contributed by atoms with Gasteiger partial charge in [0.25, 0.3) is 0 Å². The molecule has 3 rings (SSSR count). The van der Waals surface area contributed by atoms with Gasteiger partial charge in [-0.2, -0.15) is 0 Å². The molecule has 0 bridgehead atoms. The highest BCUT2D eigenvalue weighted by Crippen LogP contribution is 2.30. The van der Waals surface area contributed by atoms with Gasteiger partial charge in [-0.3, -0.25) is 19.2 Å². The lowest BCUT2D eigenvalue weighted by Gasteiger charge is -2.44. The van der Waals surface area contributed by atoms with E-state index in [0.29, 0.717) is 11.1 Å². The maximum Gasteiger partial charge on any atom is 0.408 e. The molecule has 7 atom stereocenters. The number of carbonyl (C=O) groups excluding carboxylic acids is 6. The fraction of sp³-hybridized carbons (Fsp3) is 0.471. The number of alkyl carbamates (subject to hydrolysis) is 1. The molecule has 0 spiro atoms. The number of nitrogens with one attached hydrogen (secondary N) is 1. The van der Waals surface area contributed by atoms with Crippen LogP contribution in [0, 0.1) is 0 Å². The van der Waals surface area contributed by atoms with E-state index in [9.17, 15) is 28.8 Å². The van der Waals surface area contributed by atoms with Crippen molar-refractivity contribution in [1.29, 1.82) is 0 Å². The van der Waals surface area contributed by atoms with Crippen molar-refractivity contribution in [3.05, 3.63) is 71.8 Å². The van der Waals surface area contributed by atoms with Crippen molar-refractivity contribution in [3.8, 4) is 0 Å². The minimum absolute atomic E-state index is 0.0710. The van der Waals surface area contributed by atoms with Crippen molar-refractivity contribution < 1.29 is 66.7 Å². The Morgan fingerprint density at radius 1 is 0.633 bits per heavy atom. The zero-order valence-corrected chi connectivity index (χ0v) is 27.9. The van der Waals surface area contributed by atoms with Gasteiger partial charge in [0.05, 0.1) is 12.7 Å². The van der Waals surface area contributed by atoms with Gasteiger partial charge in [0.15, 0.2) is 24.4 Å². The summed E-state index contributed by atoms with van der Waals surface area (Å²) in [6.07, 6.45) is -8.55. The first-order valence-corrected chi connectivity index (χ1v) is 15.4. The predicted octanol–water partition coefficient (Wildman–Crippen LogP) is 2.56. The highest BCUT2D eigenvalue weighted by molar-refractivity contribution is 5.82. The first-order chi connectivity index (χ1) is 23.3. The van der Waals surface area contributed by atoms with E-state index in [1.54, 1.807) is 48.5 Å². The van der Waals surface area contributed by atoms with Crippen LogP contribution in [0.4, 0.5) is 4.79 Å². The van der Waals surface area contributed by atoms with Crippen LogP contribution >= 0.6 is 0 Å². The van der Waals surface area contributed by atoms with Crippen LogP contribution in [0.15, 0.2) is 60.7 Å². The number of rotatable bonds is 15. The maximum atomic E-state index is 13.3. The molecule has 0 aliphatic carbocycles. The molecule has 0 unspecified atom stereocenters. The van der Waals surface area contributed by atoms with Gasteiger partial charge in [-0.1, -0.05) is 60.7 Å². The van der Waals surface area contributed by atoms with E-state index in [1.807, 2.05) is 12.1 Å². The standard InChI is InChI=1S/C34H41NO14/c1-20(29(33(40)44-16-25-12-8-6-9-13-25)35-34(41)45-17-26-14-10-7-11-15-26)42-18-27-30(46-22(3)37)32(48-24(5)39)31(47-23(4)38)28(49-27)19-43-21(2)36/h6-15,20,27-32H,16-19H2,1-5H3,(H,35,41)/t20-,27-,28-,29+,30+,31+,32-/m1/s1. The summed E-state index contributed by atoms with van der Waals surface area (Å²) in [6, 6.07) is 16.4. The van der Waals surface area contributed by atoms with Crippen molar-refractivity contribution in [2.75, 3.05) is 13.2 Å². The molecule has 1 aliphatic rings. The zero-order chi connectivity index (χ0) is 35.9. The summed E-state index contributed by atoms with van der Waals surface area (Å²) in [5.41, 5.74) is 1.42. The first-order valence-electron chi connectivity index (χ1n) is 15.4. The minimum atomic E-state index is -1.40. The zero-order valence-electron chi connectivity index (χ0n) is 27.9. The fourth-order valence-corrected chi connectivity index (χ4v) is 4.87. The van der Waals surface area contributed by atoms with Crippen LogP contribution in [-0.4, -0.2) is 91.8 Å². The van der Waals surface area contributed by atoms with Crippen LogP contribution < -0.4 is 5.32 Å². The SMILES string of the molecule is CC(=O)OC[C@H]1O[C@H](CO[C@H](C)[C@H](NC(=O)OCc2ccccc2)C(=O)OCc2ccccc2)[C@H](OC(C)=O)[C@@H](OC(C)=O)[C@H]1OC(C)=O. The number of carbonyl (C=O) groups is 6. The number of benzene rings is 2. The van der Waals surface area contributed by atoms with E-state index in [2.05, 4.69) is 5.32 Å². The number of esters is 5. The number of hydrogen-bond donors (Lipinski definition) is 1. The summed E-state index contributed by atoms with van der Waals surface area (Å²) >= 11 is 0. The van der Waals surface area contributed by atoms with Gasteiger partial charge >= 0.3 is 35.9 Å². The van der Waals surface area contributed by atoms with Crippen molar-refractivity contribution in [2.24, 2.45) is 0 Å². The Morgan fingerprint density at radius 2 is 1.10 bits per heavy atom. The van der Waals surface area contributed by atoms with E-state index < -0.39 is 91.8 Å². The molecule has 1 fully saturated rings. The van der Waals surface area contributed by atoms with E-state index in [0.717, 1.165) is 27.7 Å². The van der Waals surface area contributed by atoms with Gasteiger partial charge in [0.2, 0.25) is 0 Å². The van der Waals surface area contributed by atoms with Crippen LogP contribution in [0.1, 0.15) is 45.7 Å². The molecule has 1 aliphatic heterocycles. The van der Waals surface area contributed by atoms with Crippen LogP contribution in [-0.2, 0) is 75.1 Å². The van der Waals surface area contributed by atoms with Gasteiger partial charge in [-0.05, 0) is 18.1 Å². The topological polar surface area (TPSA) is 188 Å². The van der Waals surface area contributed by atoms with Crippen LogP contribution in [0.3, 0.4) is 0 Å². The van der Waals surface area contributed by atoms with E-state index in [4.69, 9.17) is 37.9 Å². The van der Waals surface area contributed by atoms with Crippen LogP contribution in [0.25, 0.3) is 0 Å². The summed E-state index contributed by atoms with van der Waals surface area (Å²) in [5.74, 6) is -3.85. The second-order valence-corrected chi connectivity index (χ2v) is 11.1. The summed E-state index contributed by atoms with van der Waals surface area (Å²) in [6.45, 7) is 4.97. The molecular weight excluding hydrogens is 646 g/mol. The van der Waals surface area contributed by atoms with Crippen molar-refractivity contribution in [3.63, 3.8) is 0 Å². The lowest BCUT2D eigenvalue weighted by Crippen LogP contribution is -2.63. The molecule has 15 heteroatoms. The molecule has 1 amide bonds. The summed E-state index contributed by atoms with van der Waals surface area (Å²) in [5, 5.41) is 2.49. The normalized spacial score (nSPS) is 21.2.